The molecule has 0 bridgehead atoms. The van der Waals surface area contributed by atoms with Gasteiger partial charge in [0.1, 0.15) is 5.82 Å². The van der Waals surface area contributed by atoms with E-state index in [0.29, 0.717) is 33.3 Å². The monoisotopic (exact) mass is 561 g/mol. The molecule has 208 valence electrons. The SMILES string of the molecule is C[C@H](NC(=O)c1cc(-c2ccc(F)cc2)cn2ncc(Cc3ccc(C(F)(F)F)cc3)c12)c1ccc(C(=O)O)cc1. The second-order valence-corrected chi connectivity index (χ2v) is 9.61. The Balaban J connectivity index is 1.52. The maximum Gasteiger partial charge on any atom is 0.416 e. The molecule has 5 aromatic rings. The van der Waals surface area contributed by atoms with Crippen LogP contribution in [0.25, 0.3) is 16.6 Å². The molecular weight excluding hydrogens is 538 g/mol. The summed E-state index contributed by atoms with van der Waals surface area (Å²) in [5.41, 5.74) is 3.27. The van der Waals surface area contributed by atoms with Gasteiger partial charge in [0.25, 0.3) is 5.91 Å². The average molecular weight is 562 g/mol. The zero-order valence-corrected chi connectivity index (χ0v) is 21.6. The summed E-state index contributed by atoms with van der Waals surface area (Å²) in [7, 11) is 0. The summed E-state index contributed by atoms with van der Waals surface area (Å²) in [4.78, 5) is 24.9. The average Bonchev–Trinajstić information content (AvgIpc) is 3.35. The molecule has 5 rings (SSSR count). The lowest BCUT2D eigenvalue weighted by molar-refractivity contribution is -0.137. The van der Waals surface area contributed by atoms with Gasteiger partial charge in [-0.1, -0.05) is 36.4 Å². The number of rotatable bonds is 7. The largest absolute Gasteiger partial charge is 0.478 e. The number of pyridine rings is 1. The van der Waals surface area contributed by atoms with Gasteiger partial charge in [-0.25, -0.2) is 13.7 Å². The third-order valence-corrected chi connectivity index (χ3v) is 6.79. The number of amides is 1. The van der Waals surface area contributed by atoms with Crippen LogP contribution in [0.3, 0.4) is 0 Å². The van der Waals surface area contributed by atoms with Gasteiger partial charge >= 0.3 is 12.1 Å². The highest BCUT2D eigenvalue weighted by Crippen LogP contribution is 2.31. The number of halogens is 4. The zero-order valence-electron chi connectivity index (χ0n) is 21.6. The van der Waals surface area contributed by atoms with E-state index in [-0.39, 0.29) is 17.5 Å². The lowest BCUT2D eigenvalue weighted by Crippen LogP contribution is -2.27. The first kappa shape index (κ1) is 27.6. The van der Waals surface area contributed by atoms with Crippen LogP contribution in [0.1, 0.15) is 55.9 Å². The number of aromatic nitrogens is 2. The fraction of sp³-hybridized carbons (Fsp3) is 0.129. The molecule has 0 spiro atoms. The number of carbonyl (C=O) groups excluding carboxylic acids is 1. The minimum Gasteiger partial charge on any atom is -0.478 e. The highest BCUT2D eigenvalue weighted by atomic mass is 19.4. The molecule has 0 aliphatic carbocycles. The predicted octanol–water partition coefficient (Wildman–Crippen LogP) is 6.94. The van der Waals surface area contributed by atoms with E-state index in [1.807, 2.05) is 0 Å². The van der Waals surface area contributed by atoms with E-state index in [9.17, 15) is 27.2 Å². The maximum absolute atomic E-state index is 13.7. The molecule has 0 fully saturated rings. The first-order chi connectivity index (χ1) is 19.5. The van der Waals surface area contributed by atoms with Crippen LogP contribution < -0.4 is 5.32 Å². The number of nitrogens with zero attached hydrogens (tertiary/aromatic N) is 2. The van der Waals surface area contributed by atoms with E-state index in [2.05, 4.69) is 10.4 Å². The zero-order chi connectivity index (χ0) is 29.3. The summed E-state index contributed by atoms with van der Waals surface area (Å²) in [5, 5.41) is 16.5. The lowest BCUT2D eigenvalue weighted by Gasteiger charge is -2.16. The smallest absolute Gasteiger partial charge is 0.416 e. The van der Waals surface area contributed by atoms with Crippen LogP contribution >= 0.6 is 0 Å². The summed E-state index contributed by atoms with van der Waals surface area (Å²) in [5.74, 6) is -1.91. The molecule has 0 radical (unpaired) electrons. The summed E-state index contributed by atoms with van der Waals surface area (Å²) in [6.07, 6.45) is -0.963. The van der Waals surface area contributed by atoms with Crippen molar-refractivity contribution in [2.24, 2.45) is 0 Å². The van der Waals surface area contributed by atoms with Crippen molar-refractivity contribution in [2.45, 2.75) is 25.6 Å². The minimum atomic E-state index is -4.45. The molecule has 1 amide bonds. The third kappa shape index (κ3) is 5.96. The normalized spacial score (nSPS) is 12.3. The Labute approximate surface area is 231 Å². The Hall–Kier alpha value is -4.99. The Kier molecular flexibility index (Phi) is 7.32. The molecule has 0 unspecified atom stereocenters. The van der Waals surface area contributed by atoms with Crippen molar-refractivity contribution in [3.63, 3.8) is 0 Å². The van der Waals surface area contributed by atoms with Gasteiger partial charge < -0.3 is 10.4 Å². The first-order valence-electron chi connectivity index (χ1n) is 12.6. The first-order valence-corrected chi connectivity index (χ1v) is 12.6. The van der Waals surface area contributed by atoms with Crippen molar-refractivity contribution in [3.05, 3.63) is 130 Å². The Morgan fingerprint density at radius 1 is 0.951 bits per heavy atom. The summed E-state index contributed by atoms with van der Waals surface area (Å²) >= 11 is 0. The molecule has 0 saturated carbocycles. The van der Waals surface area contributed by atoms with Gasteiger partial charge in [0, 0.05) is 23.7 Å². The summed E-state index contributed by atoms with van der Waals surface area (Å²) < 4.78 is 54.2. The number of benzene rings is 3. The van der Waals surface area contributed by atoms with E-state index >= 15 is 0 Å². The van der Waals surface area contributed by atoms with Crippen LogP contribution in [0.15, 0.2) is 91.3 Å². The Morgan fingerprint density at radius 3 is 2.22 bits per heavy atom. The maximum atomic E-state index is 13.7. The number of hydrogen-bond acceptors (Lipinski definition) is 3. The van der Waals surface area contributed by atoms with Crippen molar-refractivity contribution in [1.82, 2.24) is 14.9 Å². The molecule has 6 nitrogen and oxygen atoms in total. The third-order valence-electron chi connectivity index (χ3n) is 6.79. The molecule has 2 aromatic heterocycles. The van der Waals surface area contributed by atoms with Crippen LogP contribution in [0.5, 0.6) is 0 Å². The van der Waals surface area contributed by atoms with E-state index in [1.54, 1.807) is 49.6 Å². The molecule has 10 heteroatoms. The number of nitrogens with one attached hydrogen (secondary N) is 1. The quantitative estimate of drug-likeness (QED) is 0.211. The van der Waals surface area contributed by atoms with Crippen molar-refractivity contribution in [1.29, 1.82) is 0 Å². The van der Waals surface area contributed by atoms with E-state index in [4.69, 9.17) is 5.11 Å². The van der Waals surface area contributed by atoms with Crippen LogP contribution in [0.4, 0.5) is 17.6 Å². The fourth-order valence-electron chi connectivity index (χ4n) is 4.59. The number of carboxylic acid groups (broad SMARTS) is 1. The Morgan fingerprint density at radius 2 is 1.61 bits per heavy atom. The number of hydrogen-bond donors (Lipinski definition) is 2. The van der Waals surface area contributed by atoms with Crippen molar-refractivity contribution in [3.8, 4) is 11.1 Å². The van der Waals surface area contributed by atoms with Crippen LogP contribution in [-0.2, 0) is 12.6 Å². The molecule has 2 N–H and O–H groups in total. The van der Waals surface area contributed by atoms with E-state index < -0.39 is 35.5 Å². The van der Waals surface area contributed by atoms with Crippen LogP contribution in [0, 0.1) is 5.82 Å². The topological polar surface area (TPSA) is 83.7 Å². The highest BCUT2D eigenvalue weighted by Gasteiger charge is 2.30. The predicted molar refractivity (Wildman–Crippen MR) is 144 cm³/mol. The van der Waals surface area contributed by atoms with E-state index in [0.717, 1.165) is 12.1 Å². The number of aromatic carboxylic acids is 1. The second-order valence-electron chi connectivity index (χ2n) is 9.61. The molecule has 1 atom stereocenters. The summed E-state index contributed by atoms with van der Waals surface area (Å²) in [6.45, 7) is 1.76. The van der Waals surface area contributed by atoms with Crippen molar-refractivity contribution in [2.75, 3.05) is 0 Å². The van der Waals surface area contributed by atoms with Crippen molar-refractivity contribution >= 4 is 17.4 Å². The Bertz CT molecular complexity index is 1730. The molecule has 2 heterocycles. The molecule has 0 saturated heterocycles. The fourth-order valence-corrected chi connectivity index (χ4v) is 4.59. The molecule has 3 aromatic carbocycles. The highest BCUT2D eigenvalue weighted by molar-refractivity contribution is 6.03. The standard InChI is InChI=1S/C31H23F4N3O3/c1-18(20-4-6-22(7-5-20)30(40)41)37-29(39)27-15-24(21-8-12-26(32)13-9-21)17-38-28(27)23(16-36-38)14-19-2-10-25(11-3-19)31(33,34)35/h2-13,15-18H,14H2,1H3,(H,37,39)(H,40,41)/t18-/m0/s1. The van der Waals surface area contributed by atoms with Gasteiger partial charge in [-0.3, -0.25) is 4.79 Å². The lowest BCUT2D eigenvalue weighted by atomic mass is 9.99. The van der Waals surface area contributed by atoms with Crippen molar-refractivity contribution < 1.29 is 32.3 Å². The molecule has 0 aliphatic rings. The number of fused-ring (bicyclic) bond motifs is 1. The van der Waals surface area contributed by atoms with Gasteiger partial charge in [-0.15, -0.1) is 0 Å². The molecular formula is C31H23F4N3O3. The van der Waals surface area contributed by atoms with Gasteiger partial charge in [0.05, 0.1) is 34.4 Å². The summed E-state index contributed by atoms with van der Waals surface area (Å²) in [6, 6.07) is 17.9. The second kappa shape index (κ2) is 10.9. The van der Waals surface area contributed by atoms with Gasteiger partial charge in [-0.05, 0) is 66.1 Å². The minimum absolute atomic E-state index is 0.119. The number of carbonyl (C=O) groups is 2. The number of carboxylic acids is 1. The molecule has 41 heavy (non-hydrogen) atoms. The number of alkyl halides is 3. The van der Waals surface area contributed by atoms with Crippen LogP contribution in [0.2, 0.25) is 0 Å². The van der Waals surface area contributed by atoms with E-state index in [1.165, 1.54) is 40.9 Å². The van der Waals surface area contributed by atoms with Gasteiger partial charge in [0.2, 0.25) is 0 Å². The van der Waals surface area contributed by atoms with Gasteiger partial charge in [-0.2, -0.15) is 18.3 Å². The molecule has 0 aliphatic heterocycles. The van der Waals surface area contributed by atoms with Crippen LogP contribution in [-0.4, -0.2) is 26.6 Å². The van der Waals surface area contributed by atoms with Gasteiger partial charge in [0.15, 0.2) is 0 Å².